The summed E-state index contributed by atoms with van der Waals surface area (Å²) in [6, 6.07) is 5.05. The van der Waals surface area contributed by atoms with Gasteiger partial charge in [0.25, 0.3) is 5.69 Å². The number of benzene rings is 1. The zero-order valence-electron chi connectivity index (χ0n) is 13.0. The first kappa shape index (κ1) is 17.1. The van der Waals surface area contributed by atoms with E-state index in [2.05, 4.69) is 19.2 Å². The maximum absolute atomic E-state index is 12.1. The predicted octanol–water partition coefficient (Wildman–Crippen LogP) is 2.96. The molecule has 0 unspecified atom stereocenters. The van der Waals surface area contributed by atoms with Crippen LogP contribution in [0.2, 0.25) is 0 Å². The van der Waals surface area contributed by atoms with Crippen molar-refractivity contribution in [2.75, 3.05) is 18.9 Å². The summed E-state index contributed by atoms with van der Waals surface area (Å²) in [5.41, 5.74) is 0.887. The van der Waals surface area contributed by atoms with Crippen molar-refractivity contribution in [2.24, 2.45) is 0 Å². The van der Waals surface area contributed by atoms with Gasteiger partial charge < -0.3 is 5.32 Å². The van der Waals surface area contributed by atoms with Gasteiger partial charge in [0, 0.05) is 12.1 Å². The van der Waals surface area contributed by atoms with E-state index < -0.39 is 4.92 Å². The summed E-state index contributed by atoms with van der Waals surface area (Å²) in [6.07, 6.45) is 2.06. The largest absolute Gasteiger partial charge is 0.319 e. The van der Waals surface area contributed by atoms with E-state index in [9.17, 15) is 14.9 Å². The van der Waals surface area contributed by atoms with Crippen molar-refractivity contribution in [3.63, 3.8) is 0 Å². The highest BCUT2D eigenvalue weighted by atomic mass is 16.6. The number of amides is 1. The Hall–Kier alpha value is -1.95. The van der Waals surface area contributed by atoms with Gasteiger partial charge in [0.05, 0.1) is 11.5 Å². The molecule has 1 rings (SSSR count). The molecule has 0 radical (unpaired) electrons. The molecular weight excluding hydrogens is 270 g/mol. The molecule has 0 aromatic heterocycles. The lowest BCUT2D eigenvalue weighted by molar-refractivity contribution is -0.384. The highest BCUT2D eigenvalue weighted by Gasteiger charge is 2.19. The van der Waals surface area contributed by atoms with Crippen LogP contribution in [-0.2, 0) is 4.79 Å². The molecule has 0 spiro atoms. The Morgan fingerprint density at radius 2 is 2.14 bits per heavy atom. The number of nitro groups is 1. The van der Waals surface area contributed by atoms with Crippen molar-refractivity contribution < 1.29 is 9.72 Å². The smallest absolute Gasteiger partial charge is 0.293 e. The molecule has 1 aromatic rings. The standard InChI is InChI=1S/C15H23N3O3/c1-5-7-12(3)17(4)10-14(19)16-15-11(2)8-6-9-13(15)18(20)21/h6,8-9,12H,5,7,10H2,1-4H3,(H,16,19)/t12-/m0/s1. The first-order valence-corrected chi connectivity index (χ1v) is 7.10. The van der Waals surface area contributed by atoms with Crippen LogP contribution in [0, 0.1) is 17.0 Å². The highest BCUT2D eigenvalue weighted by molar-refractivity contribution is 5.95. The van der Waals surface area contributed by atoms with Crippen molar-refractivity contribution in [2.45, 2.75) is 39.7 Å². The van der Waals surface area contributed by atoms with E-state index in [1.165, 1.54) is 6.07 Å². The number of nitrogens with zero attached hydrogens (tertiary/aromatic N) is 2. The fourth-order valence-corrected chi connectivity index (χ4v) is 2.17. The van der Waals surface area contributed by atoms with Crippen LogP contribution in [0.25, 0.3) is 0 Å². The van der Waals surface area contributed by atoms with Crippen LogP contribution >= 0.6 is 0 Å². The van der Waals surface area contributed by atoms with Crippen LogP contribution in [0.15, 0.2) is 18.2 Å². The summed E-state index contributed by atoms with van der Waals surface area (Å²) < 4.78 is 0. The van der Waals surface area contributed by atoms with E-state index in [4.69, 9.17) is 0 Å². The Bertz CT molecular complexity index is 517. The molecule has 1 N–H and O–H groups in total. The zero-order chi connectivity index (χ0) is 16.0. The third-order valence-corrected chi connectivity index (χ3v) is 3.56. The van der Waals surface area contributed by atoms with Gasteiger partial charge in [0.2, 0.25) is 5.91 Å². The number of para-hydroxylation sites is 1. The average molecular weight is 293 g/mol. The molecule has 0 aliphatic rings. The first-order valence-electron chi connectivity index (χ1n) is 7.10. The van der Waals surface area contributed by atoms with Gasteiger partial charge in [-0.1, -0.05) is 25.5 Å². The third-order valence-electron chi connectivity index (χ3n) is 3.56. The minimum absolute atomic E-state index is 0.0763. The molecule has 0 aliphatic carbocycles. The molecule has 0 heterocycles. The van der Waals surface area contributed by atoms with Crippen LogP contribution < -0.4 is 5.32 Å². The van der Waals surface area contributed by atoms with Crippen molar-refractivity contribution in [1.29, 1.82) is 0 Å². The van der Waals surface area contributed by atoms with Crippen LogP contribution in [-0.4, -0.2) is 35.4 Å². The average Bonchev–Trinajstić information content (AvgIpc) is 2.40. The molecule has 116 valence electrons. The maximum Gasteiger partial charge on any atom is 0.293 e. The lowest BCUT2D eigenvalue weighted by Gasteiger charge is -2.23. The van der Waals surface area contributed by atoms with E-state index in [-0.39, 0.29) is 23.8 Å². The van der Waals surface area contributed by atoms with Crippen LogP contribution in [0.5, 0.6) is 0 Å². The zero-order valence-corrected chi connectivity index (χ0v) is 13.0. The van der Waals surface area contributed by atoms with Gasteiger partial charge in [0.1, 0.15) is 5.69 Å². The van der Waals surface area contributed by atoms with E-state index in [0.29, 0.717) is 11.6 Å². The quantitative estimate of drug-likeness (QED) is 0.619. The summed E-state index contributed by atoms with van der Waals surface area (Å²) in [5.74, 6) is -0.238. The summed E-state index contributed by atoms with van der Waals surface area (Å²) in [4.78, 5) is 24.6. The number of anilines is 1. The lowest BCUT2D eigenvalue weighted by atomic mass is 10.1. The molecule has 21 heavy (non-hydrogen) atoms. The Balaban J connectivity index is 2.78. The number of likely N-dealkylation sites (N-methyl/N-ethyl adjacent to an activating group) is 1. The molecule has 6 heteroatoms. The Kier molecular flexibility index (Phi) is 6.30. The predicted molar refractivity (Wildman–Crippen MR) is 83.5 cm³/mol. The third kappa shape index (κ3) is 4.82. The van der Waals surface area contributed by atoms with Crippen LogP contribution in [0.1, 0.15) is 32.3 Å². The minimum atomic E-state index is -0.480. The van der Waals surface area contributed by atoms with Crippen molar-refractivity contribution in [3.05, 3.63) is 33.9 Å². The van der Waals surface area contributed by atoms with Gasteiger partial charge >= 0.3 is 0 Å². The molecule has 0 aliphatic heterocycles. The van der Waals surface area contributed by atoms with Gasteiger partial charge in [-0.25, -0.2) is 0 Å². The summed E-state index contributed by atoms with van der Waals surface area (Å²) in [5, 5.41) is 13.7. The summed E-state index contributed by atoms with van der Waals surface area (Å²) >= 11 is 0. The molecule has 0 saturated carbocycles. The topological polar surface area (TPSA) is 75.5 Å². The Morgan fingerprint density at radius 3 is 2.71 bits per heavy atom. The van der Waals surface area contributed by atoms with E-state index in [1.807, 2.05) is 11.9 Å². The van der Waals surface area contributed by atoms with Gasteiger partial charge in [-0.15, -0.1) is 0 Å². The van der Waals surface area contributed by atoms with E-state index in [0.717, 1.165) is 12.8 Å². The normalized spacial score (nSPS) is 12.2. The van der Waals surface area contributed by atoms with Crippen LogP contribution in [0.4, 0.5) is 11.4 Å². The molecule has 6 nitrogen and oxygen atoms in total. The Morgan fingerprint density at radius 1 is 1.48 bits per heavy atom. The molecule has 1 atom stereocenters. The van der Waals surface area contributed by atoms with Crippen molar-refractivity contribution >= 4 is 17.3 Å². The van der Waals surface area contributed by atoms with E-state index in [1.54, 1.807) is 19.1 Å². The van der Waals surface area contributed by atoms with Gasteiger partial charge in [-0.2, -0.15) is 0 Å². The van der Waals surface area contributed by atoms with Gasteiger partial charge in [-0.05, 0) is 32.9 Å². The van der Waals surface area contributed by atoms with Gasteiger partial charge in [-0.3, -0.25) is 19.8 Å². The first-order chi connectivity index (χ1) is 9.86. The number of carbonyl (C=O) groups excluding carboxylic acids is 1. The lowest BCUT2D eigenvalue weighted by Crippen LogP contribution is -2.36. The fraction of sp³-hybridized carbons (Fsp3) is 0.533. The molecule has 1 aromatic carbocycles. The second kappa shape index (κ2) is 7.73. The van der Waals surface area contributed by atoms with Crippen molar-refractivity contribution in [1.82, 2.24) is 4.90 Å². The number of hydrogen-bond acceptors (Lipinski definition) is 4. The highest BCUT2D eigenvalue weighted by Crippen LogP contribution is 2.27. The number of nitro benzene ring substituents is 1. The minimum Gasteiger partial charge on any atom is -0.319 e. The molecular formula is C15H23N3O3. The molecule has 0 saturated heterocycles. The SMILES string of the molecule is CCC[C@H](C)N(C)CC(=O)Nc1c(C)cccc1[N+](=O)[O-]. The van der Waals surface area contributed by atoms with E-state index >= 15 is 0 Å². The second-order valence-electron chi connectivity index (χ2n) is 5.33. The number of rotatable bonds is 7. The second-order valence-corrected chi connectivity index (χ2v) is 5.33. The number of nitrogens with one attached hydrogen (secondary N) is 1. The molecule has 0 fully saturated rings. The monoisotopic (exact) mass is 293 g/mol. The number of carbonyl (C=O) groups is 1. The number of hydrogen-bond donors (Lipinski definition) is 1. The van der Waals surface area contributed by atoms with Gasteiger partial charge in [0.15, 0.2) is 0 Å². The van der Waals surface area contributed by atoms with Crippen LogP contribution in [0.3, 0.4) is 0 Å². The molecule has 1 amide bonds. The summed E-state index contributed by atoms with van der Waals surface area (Å²) in [6.45, 7) is 6.12. The molecule has 0 bridgehead atoms. The number of aryl methyl sites for hydroxylation is 1. The maximum atomic E-state index is 12.1. The Labute approximate surface area is 125 Å². The summed E-state index contributed by atoms with van der Waals surface area (Å²) in [7, 11) is 1.88. The van der Waals surface area contributed by atoms with Crippen molar-refractivity contribution in [3.8, 4) is 0 Å². The fourth-order valence-electron chi connectivity index (χ4n) is 2.17.